The van der Waals surface area contributed by atoms with Crippen LogP contribution in [0.2, 0.25) is 0 Å². The zero-order chi connectivity index (χ0) is 17.1. The second-order valence-electron chi connectivity index (χ2n) is 5.56. The summed E-state index contributed by atoms with van der Waals surface area (Å²) in [6, 6.07) is 17.7. The van der Waals surface area contributed by atoms with Crippen LogP contribution in [0.15, 0.2) is 73.2 Å². The second-order valence-corrected chi connectivity index (χ2v) is 5.56. The molecule has 2 aromatic carbocycles. The first-order valence-corrected chi connectivity index (χ1v) is 7.90. The van der Waals surface area contributed by atoms with Gasteiger partial charge < -0.3 is 10.1 Å². The van der Waals surface area contributed by atoms with Gasteiger partial charge in [-0.3, -0.25) is 9.97 Å². The first-order valence-electron chi connectivity index (χ1n) is 7.90. The highest BCUT2D eigenvalue weighted by molar-refractivity contribution is 5.82. The third-order valence-corrected chi connectivity index (χ3v) is 3.88. The Morgan fingerprint density at radius 2 is 1.84 bits per heavy atom. The molecule has 0 aliphatic heterocycles. The zero-order valence-electron chi connectivity index (χ0n) is 13.7. The summed E-state index contributed by atoms with van der Waals surface area (Å²) in [7, 11) is 1.65. The van der Waals surface area contributed by atoms with Gasteiger partial charge in [-0.1, -0.05) is 18.2 Å². The van der Waals surface area contributed by atoms with Gasteiger partial charge in [0.2, 0.25) is 0 Å². The summed E-state index contributed by atoms with van der Waals surface area (Å²) >= 11 is 0. The first kappa shape index (κ1) is 15.1. The molecule has 0 saturated carbocycles. The molecule has 0 fully saturated rings. The molecule has 0 amide bonds. The van der Waals surface area contributed by atoms with Crippen molar-refractivity contribution in [2.45, 2.75) is 0 Å². The van der Waals surface area contributed by atoms with Crippen LogP contribution in [0.1, 0.15) is 0 Å². The molecular formula is C20H16N4O. The maximum Gasteiger partial charge on any atom is 0.149 e. The minimum Gasteiger partial charge on any atom is -0.497 e. The smallest absolute Gasteiger partial charge is 0.149 e. The Kier molecular flexibility index (Phi) is 3.96. The molecule has 122 valence electrons. The standard InChI is InChI=1S/C20H16N4O/c1-25-17-6-2-5-16(11-17)23-20-13-22-18-8-7-14(10-19(18)24-20)15-4-3-9-21-12-15/h2-13H,1H3,(H,23,24). The highest BCUT2D eigenvalue weighted by atomic mass is 16.5. The van der Waals surface area contributed by atoms with Crippen LogP contribution in [0.5, 0.6) is 5.75 Å². The van der Waals surface area contributed by atoms with E-state index in [0.717, 1.165) is 33.6 Å². The van der Waals surface area contributed by atoms with Gasteiger partial charge in [-0.05, 0) is 35.9 Å². The predicted molar refractivity (Wildman–Crippen MR) is 99.0 cm³/mol. The van der Waals surface area contributed by atoms with E-state index in [4.69, 9.17) is 4.74 Å². The summed E-state index contributed by atoms with van der Waals surface area (Å²) in [5.74, 6) is 1.47. The van der Waals surface area contributed by atoms with Gasteiger partial charge in [-0.25, -0.2) is 4.98 Å². The van der Waals surface area contributed by atoms with E-state index < -0.39 is 0 Å². The maximum atomic E-state index is 5.25. The molecule has 0 radical (unpaired) electrons. The van der Waals surface area contributed by atoms with Crippen molar-refractivity contribution in [2.75, 3.05) is 12.4 Å². The molecular weight excluding hydrogens is 312 g/mol. The van der Waals surface area contributed by atoms with E-state index in [2.05, 4.69) is 20.3 Å². The number of anilines is 2. The summed E-state index contributed by atoms with van der Waals surface area (Å²) in [5.41, 5.74) is 4.69. The number of methoxy groups -OCH3 is 1. The average Bonchev–Trinajstić information content (AvgIpc) is 2.68. The number of hydrogen-bond donors (Lipinski definition) is 1. The SMILES string of the molecule is COc1cccc(Nc2cnc3ccc(-c4cccnc4)cc3n2)c1. The number of nitrogens with one attached hydrogen (secondary N) is 1. The van der Waals surface area contributed by atoms with Crippen molar-refractivity contribution in [1.82, 2.24) is 15.0 Å². The molecule has 5 nitrogen and oxygen atoms in total. The molecule has 1 N–H and O–H groups in total. The van der Waals surface area contributed by atoms with Crippen LogP contribution in [-0.4, -0.2) is 22.1 Å². The topological polar surface area (TPSA) is 59.9 Å². The summed E-state index contributed by atoms with van der Waals surface area (Å²) in [6.45, 7) is 0. The number of aromatic nitrogens is 3. The van der Waals surface area contributed by atoms with Crippen LogP contribution in [0.25, 0.3) is 22.2 Å². The fourth-order valence-electron chi connectivity index (χ4n) is 2.63. The number of nitrogens with zero attached hydrogens (tertiary/aromatic N) is 3. The first-order chi connectivity index (χ1) is 12.3. The minimum atomic E-state index is 0.684. The zero-order valence-corrected chi connectivity index (χ0v) is 13.7. The van der Waals surface area contributed by atoms with Crippen molar-refractivity contribution in [3.63, 3.8) is 0 Å². The summed E-state index contributed by atoms with van der Waals surface area (Å²) in [6.07, 6.45) is 5.33. The summed E-state index contributed by atoms with van der Waals surface area (Å²) in [5, 5.41) is 3.26. The van der Waals surface area contributed by atoms with Gasteiger partial charge in [0.05, 0.1) is 24.3 Å². The Hall–Kier alpha value is -3.47. The average molecular weight is 328 g/mol. The van der Waals surface area contributed by atoms with Gasteiger partial charge in [0.15, 0.2) is 0 Å². The molecule has 0 saturated heterocycles. The van der Waals surface area contributed by atoms with E-state index in [0.29, 0.717) is 5.82 Å². The molecule has 2 aromatic heterocycles. The molecule has 5 heteroatoms. The van der Waals surface area contributed by atoms with Crippen LogP contribution in [0, 0.1) is 0 Å². The van der Waals surface area contributed by atoms with Gasteiger partial charge in [-0.2, -0.15) is 0 Å². The molecule has 0 unspecified atom stereocenters. The molecule has 0 aliphatic carbocycles. The number of rotatable bonds is 4. The van der Waals surface area contributed by atoms with E-state index in [9.17, 15) is 0 Å². The molecule has 0 spiro atoms. The molecule has 4 rings (SSSR count). The third-order valence-electron chi connectivity index (χ3n) is 3.88. The lowest BCUT2D eigenvalue weighted by atomic mass is 10.1. The Bertz CT molecular complexity index is 1020. The monoisotopic (exact) mass is 328 g/mol. The van der Waals surface area contributed by atoms with Crippen molar-refractivity contribution in [2.24, 2.45) is 0 Å². The summed E-state index contributed by atoms with van der Waals surface area (Å²) < 4.78 is 5.25. The molecule has 4 aromatic rings. The number of fused-ring (bicyclic) bond motifs is 1. The Labute approximate surface area is 145 Å². The molecule has 2 heterocycles. The lowest BCUT2D eigenvalue weighted by molar-refractivity contribution is 0.415. The van der Waals surface area contributed by atoms with E-state index in [1.807, 2.05) is 60.8 Å². The van der Waals surface area contributed by atoms with Crippen LogP contribution in [0.4, 0.5) is 11.5 Å². The highest BCUT2D eigenvalue weighted by Crippen LogP contribution is 2.24. The van der Waals surface area contributed by atoms with Crippen LogP contribution in [-0.2, 0) is 0 Å². The molecule has 0 aliphatic rings. The van der Waals surface area contributed by atoms with Crippen molar-refractivity contribution in [3.05, 3.63) is 73.2 Å². The van der Waals surface area contributed by atoms with Gasteiger partial charge in [-0.15, -0.1) is 0 Å². The Morgan fingerprint density at radius 3 is 2.68 bits per heavy atom. The summed E-state index contributed by atoms with van der Waals surface area (Å²) in [4.78, 5) is 13.3. The Morgan fingerprint density at radius 1 is 0.880 bits per heavy atom. The third kappa shape index (κ3) is 3.26. The highest BCUT2D eigenvalue weighted by Gasteiger charge is 2.04. The Balaban J connectivity index is 1.68. The number of ether oxygens (including phenoxy) is 1. The van der Waals surface area contributed by atoms with Crippen molar-refractivity contribution in [1.29, 1.82) is 0 Å². The lowest BCUT2D eigenvalue weighted by Crippen LogP contribution is -1.96. The van der Waals surface area contributed by atoms with Gasteiger partial charge in [0.25, 0.3) is 0 Å². The van der Waals surface area contributed by atoms with Gasteiger partial charge in [0.1, 0.15) is 11.6 Å². The number of pyridine rings is 1. The maximum absolute atomic E-state index is 5.25. The normalized spacial score (nSPS) is 10.6. The minimum absolute atomic E-state index is 0.684. The van der Waals surface area contributed by atoms with E-state index in [1.54, 1.807) is 19.5 Å². The fraction of sp³-hybridized carbons (Fsp3) is 0.0500. The van der Waals surface area contributed by atoms with Crippen molar-refractivity contribution in [3.8, 4) is 16.9 Å². The molecule has 0 bridgehead atoms. The van der Waals surface area contributed by atoms with Crippen molar-refractivity contribution >= 4 is 22.5 Å². The predicted octanol–water partition coefficient (Wildman–Crippen LogP) is 4.44. The fourth-order valence-corrected chi connectivity index (χ4v) is 2.63. The van der Waals surface area contributed by atoms with Crippen LogP contribution >= 0.6 is 0 Å². The van der Waals surface area contributed by atoms with Crippen LogP contribution < -0.4 is 10.1 Å². The number of benzene rings is 2. The van der Waals surface area contributed by atoms with E-state index in [1.165, 1.54) is 0 Å². The lowest BCUT2D eigenvalue weighted by Gasteiger charge is -2.08. The van der Waals surface area contributed by atoms with Crippen LogP contribution in [0.3, 0.4) is 0 Å². The largest absolute Gasteiger partial charge is 0.497 e. The van der Waals surface area contributed by atoms with Gasteiger partial charge >= 0.3 is 0 Å². The molecule has 0 atom stereocenters. The van der Waals surface area contributed by atoms with E-state index in [-0.39, 0.29) is 0 Å². The van der Waals surface area contributed by atoms with Gasteiger partial charge in [0, 0.05) is 29.7 Å². The number of hydrogen-bond acceptors (Lipinski definition) is 5. The van der Waals surface area contributed by atoms with E-state index >= 15 is 0 Å². The second kappa shape index (κ2) is 6.57. The molecule has 25 heavy (non-hydrogen) atoms. The quantitative estimate of drug-likeness (QED) is 0.600. The van der Waals surface area contributed by atoms with Crippen molar-refractivity contribution < 1.29 is 4.74 Å².